The number of aryl methyl sites for hydroxylation is 1. The van der Waals surface area contributed by atoms with E-state index in [0.717, 1.165) is 9.47 Å². The summed E-state index contributed by atoms with van der Waals surface area (Å²) in [6, 6.07) is -0.419. The number of H-pyrrole nitrogens is 1. The van der Waals surface area contributed by atoms with Crippen LogP contribution in [0.3, 0.4) is 0 Å². The molecule has 1 aliphatic heterocycles. The van der Waals surface area contributed by atoms with E-state index in [1.54, 1.807) is 25.7 Å². The van der Waals surface area contributed by atoms with Crippen LogP contribution in [0.4, 0.5) is 4.79 Å². The number of aromatic nitrogens is 2. The van der Waals surface area contributed by atoms with Gasteiger partial charge >= 0.3 is 11.8 Å². The van der Waals surface area contributed by atoms with Gasteiger partial charge in [0.05, 0.1) is 38.2 Å². The molecule has 0 bridgehead atoms. The summed E-state index contributed by atoms with van der Waals surface area (Å²) in [5, 5.41) is 11.2. The quantitative estimate of drug-likeness (QED) is 0.409. The minimum atomic E-state index is -1.46. The maximum Gasteiger partial charge on any atom is 0.410 e. The second-order valence-corrected chi connectivity index (χ2v) is 10.1. The maximum absolute atomic E-state index is 12.7. The highest BCUT2D eigenvalue weighted by molar-refractivity contribution is 5.80. The van der Waals surface area contributed by atoms with Crippen molar-refractivity contribution in [1.82, 2.24) is 19.4 Å². The number of nitrogens with zero attached hydrogens (tertiary/aromatic N) is 3. The highest BCUT2D eigenvalue weighted by atomic mass is 16.6. The second-order valence-electron chi connectivity index (χ2n) is 10.1. The Bertz CT molecular complexity index is 1020. The summed E-state index contributed by atoms with van der Waals surface area (Å²) < 4.78 is 6.39. The fourth-order valence-corrected chi connectivity index (χ4v) is 3.98. The smallest absolute Gasteiger partial charge is 0.410 e. The SMILES string of the molecule is CC[NH+](CC)CC.Cc1cn(CC(=O)N(CC(=O)[O-])C[C@@H]2CCCN2C(=O)OC(C)(C)C)c(=O)[nH]c1=O. The number of likely N-dealkylation sites (tertiary alicyclic amines) is 1. The van der Waals surface area contributed by atoms with Gasteiger partial charge in [0.15, 0.2) is 0 Å². The van der Waals surface area contributed by atoms with Gasteiger partial charge in [0.1, 0.15) is 12.1 Å². The zero-order chi connectivity index (χ0) is 28.3. The maximum atomic E-state index is 12.7. The van der Waals surface area contributed by atoms with Crippen LogP contribution in [0.5, 0.6) is 0 Å². The number of hydrogen-bond donors (Lipinski definition) is 2. The zero-order valence-corrected chi connectivity index (χ0v) is 23.2. The molecular weight excluding hydrogens is 482 g/mol. The third kappa shape index (κ3) is 10.8. The van der Waals surface area contributed by atoms with E-state index in [2.05, 4.69) is 25.8 Å². The molecule has 1 aliphatic rings. The van der Waals surface area contributed by atoms with E-state index in [1.807, 2.05) is 0 Å². The second kappa shape index (κ2) is 14.6. The number of ether oxygens (including phenoxy) is 1. The topological polar surface area (TPSA) is 149 Å². The summed E-state index contributed by atoms with van der Waals surface area (Å²) >= 11 is 0. The molecule has 2 N–H and O–H groups in total. The van der Waals surface area contributed by atoms with Crippen LogP contribution in [0.25, 0.3) is 0 Å². The number of aliphatic carboxylic acids is 1. The fourth-order valence-electron chi connectivity index (χ4n) is 3.98. The van der Waals surface area contributed by atoms with Gasteiger partial charge in [-0.05, 0) is 61.3 Å². The Balaban J connectivity index is 0.000000856. The van der Waals surface area contributed by atoms with E-state index in [4.69, 9.17) is 4.74 Å². The normalized spacial score (nSPS) is 15.2. The van der Waals surface area contributed by atoms with Crippen molar-refractivity contribution < 1.29 is 29.1 Å². The van der Waals surface area contributed by atoms with Gasteiger partial charge in [-0.2, -0.15) is 0 Å². The van der Waals surface area contributed by atoms with Crippen molar-refractivity contribution >= 4 is 18.0 Å². The highest BCUT2D eigenvalue weighted by Crippen LogP contribution is 2.21. The number of nitrogens with one attached hydrogen (secondary N) is 2. The first kappa shape index (κ1) is 31.9. The fraction of sp³-hybridized carbons (Fsp3) is 0.720. The van der Waals surface area contributed by atoms with Crippen LogP contribution in [0.15, 0.2) is 15.8 Å². The van der Waals surface area contributed by atoms with Gasteiger partial charge in [-0.25, -0.2) is 9.59 Å². The van der Waals surface area contributed by atoms with Crippen molar-refractivity contribution in [3.8, 4) is 0 Å². The Morgan fingerprint density at radius 3 is 2.24 bits per heavy atom. The lowest BCUT2D eigenvalue weighted by atomic mass is 10.2. The Morgan fingerprint density at radius 2 is 1.76 bits per heavy atom. The summed E-state index contributed by atoms with van der Waals surface area (Å²) in [5.41, 5.74) is -1.79. The zero-order valence-electron chi connectivity index (χ0n) is 23.2. The Kier molecular flexibility index (Phi) is 12.5. The van der Waals surface area contributed by atoms with Crippen LogP contribution in [0, 0.1) is 6.92 Å². The number of hydrogen-bond acceptors (Lipinski definition) is 7. The molecule has 37 heavy (non-hydrogen) atoms. The lowest BCUT2D eigenvalue weighted by Crippen LogP contribution is -3.11. The van der Waals surface area contributed by atoms with Gasteiger partial charge in [0, 0.05) is 24.8 Å². The van der Waals surface area contributed by atoms with Gasteiger partial charge < -0.3 is 29.3 Å². The summed E-state index contributed by atoms with van der Waals surface area (Å²) in [6.45, 7) is 16.4. The Hall–Kier alpha value is -3.15. The van der Waals surface area contributed by atoms with E-state index in [1.165, 1.54) is 37.7 Å². The molecule has 0 saturated carbocycles. The molecule has 2 heterocycles. The van der Waals surface area contributed by atoms with Crippen molar-refractivity contribution in [2.45, 2.75) is 79.5 Å². The van der Waals surface area contributed by atoms with E-state index < -0.39 is 54.0 Å². The van der Waals surface area contributed by atoms with Crippen molar-refractivity contribution in [3.63, 3.8) is 0 Å². The number of carboxylic acids is 1. The van der Waals surface area contributed by atoms with Crippen molar-refractivity contribution in [2.24, 2.45) is 0 Å². The van der Waals surface area contributed by atoms with E-state index in [9.17, 15) is 29.1 Å². The van der Waals surface area contributed by atoms with Crippen molar-refractivity contribution in [2.75, 3.05) is 39.3 Å². The van der Waals surface area contributed by atoms with Crippen LogP contribution in [-0.4, -0.2) is 88.2 Å². The highest BCUT2D eigenvalue weighted by Gasteiger charge is 2.34. The number of amides is 2. The molecule has 0 aliphatic carbocycles. The molecule has 12 nitrogen and oxygen atoms in total. The molecule has 1 fully saturated rings. The third-order valence-corrected chi connectivity index (χ3v) is 6.10. The average molecular weight is 526 g/mol. The molecule has 2 amide bonds. The third-order valence-electron chi connectivity index (χ3n) is 6.10. The lowest BCUT2D eigenvalue weighted by Gasteiger charge is -2.32. The molecule has 0 radical (unpaired) electrons. The first-order valence-electron chi connectivity index (χ1n) is 12.8. The van der Waals surface area contributed by atoms with Gasteiger partial charge in [-0.3, -0.25) is 19.1 Å². The molecule has 2 rings (SSSR count). The largest absolute Gasteiger partial charge is 0.548 e. The van der Waals surface area contributed by atoms with Crippen molar-refractivity contribution in [3.05, 3.63) is 32.6 Å². The molecule has 210 valence electrons. The van der Waals surface area contributed by atoms with Crippen LogP contribution >= 0.6 is 0 Å². The number of aromatic amines is 1. The molecule has 1 saturated heterocycles. The number of carboxylic acid groups (broad SMARTS) is 1. The number of quaternary nitrogens is 1. The van der Waals surface area contributed by atoms with E-state index in [-0.39, 0.29) is 12.1 Å². The first-order valence-corrected chi connectivity index (χ1v) is 12.8. The van der Waals surface area contributed by atoms with Crippen LogP contribution in [0.1, 0.15) is 59.9 Å². The minimum absolute atomic E-state index is 0.0385. The van der Waals surface area contributed by atoms with Crippen LogP contribution in [-0.2, 0) is 20.9 Å². The number of rotatable bonds is 9. The summed E-state index contributed by atoms with van der Waals surface area (Å²) in [4.78, 5) is 66.1. The molecule has 0 spiro atoms. The molecule has 12 heteroatoms. The van der Waals surface area contributed by atoms with Gasteiger partial charge in [-0.15, -0.1) is 0 Å². The first-order chi connectivity index (χ1) is 17.2. The Morgan fingerprint density at radius 1 is 1.16 bits per heavy atom. The number of carbonyl (C=O) groups excluding carboxylic acids is 3. The molecule has 1 atom stereocenters. The monoisotopic (exact) mass is 525 g/mol. The molecule has 0 aromatic carbocycles. The molecule has 1 aromatic rings. The van der Waals surface area contributed by atoms with E-state index in [0.29, 0.717) is 19.4 Å². The average Bonchev–Trinajstić information content (AvgIpc) is 3.25. The number of carbonyl (C=O) groups is 3. The summed E-state index contributed by atoms with van der Waals surface area (Å²) in [6.07, 6.45) is 1.97. The molecule has 0 unspecified atom stereocenters. The van der Waals surface area contributed by atoms with Gasteiger partial charge in [0.25, 0.3) is 5.56 Å². The summed E-state index contributed by atoms with van der Waals surface area (Å²) in [5.74, 6) is -2.11. The Labute approximate surface area is 218 Å². The standard InChI is InChI=1S/C19H28N4O7.C6H15N/c1-12-8-22(17(28)20-16(12)27)10-14(24)21(11-15(25)26)9-13-6-5-7-23(13)18(29)30-19(2,3)4;1-4-7(5-2)6-3/h8,13H,5-7,9-11H2,1-4H3,(H,25,26)(H,20,27,28);4-6H2,1-3H3/t13-;/m0./s1. The molecular formula is C25H43N5O7. The predicted molar refractivity (Wildman–Crippen MR) is 136 cm³/mol. The van der Waals surface area contributed by atoms with Crippen LogP contribution < -0.4 is 21.3 Å². The lowest BCUT2D eigenvalue weighted by molar-refractivity contribution is -0.894. The predicted octanol–water partition coefficient (Wildman–Crippen LogP) is -1.25. The van der Waals surface area contributed by atoms with E-state index >= 15 is 0 Å². The van der Waals surface area contributed by atoms with Crippen molar-refractivity contribution in [1.29, 1.82) is 0 Å². The molecule has 1 aromatic heterocycles. The summed E-state index contributed by atoms with van der Waals surface area (Å²) in [7, 11) is 0. The minimum Gasteiger partial charge on any atom is -0.548 e. The van der Waals surface area contributed by atoms with Gasteiger partial charge in [0.2, 0.25) is 5.91 Å². The van der Waals surface area contributed by atoms with Crippen LogP contribution in [0.2, 0.25) is 0 Å². The van der Waals surface area contributed by atoms with Gasteiger partial charge in [-0.1, -0.05) is 0 Å².